The van der Waals surface area contributed by atoms with E-state index in [0.29, 0.717) is 49.8 Å². The molecule has 31 nitrogen and oxygen atoms in total. The Bertz CT molecular complexity index is 4020. The second kappa shape index (κ2) is 37.1. The summed E-state index contributed by atoms with van der Waals surface area (Å²) < 4.78 is 61.8. The summed E-state index contributed by atoms with van der Waals surface area (Å²) >= 11 is 14.4. The molecule has 1 radical (unpaired) electrons. The van der Waals surface area contributed by atoms with Gasteiger partial charge in [0.1, 0.15) is 64.3 Å². The van der Waals surface area contributed by atoms with Crippen LogP contribution in [0.4, 0.5) is 48.8 Å². The van der Waals surface area contributed by atoms with Gasteiger partial charge in [-0.3, -0.25) is 0 Å². The molecule has 3 saturated heterocycles. The molecule has 6 aromatic heterocycles. The highest BCUT2D eigenvalue weighted by atomic mass is 35.6. The summed E-state index contributed by atoms with van der Waals surface area (Å²) in [4.78, 5) is 23.6. The maximum atomic E-state index is 10.7. The Labute approximate surface area is 604 Å². The van der Waals surface area contributed by atoms with E-state index in [0.717, 1.165) is 28.5 Å². The maximum absolute atomic E-state index is 10.7. The smallest absolute Gasteiger partial charge is 0.397 e. The SMILES string of the molecule is CCO.CC[B]F.CC[C@H]1O[C@@](C#N)(c2cnc3c(N)nc(N)nn23)[C@](C)(OCc2ccccc2)[C@@H]1C.CC[C@H]1O[C@@](C#N)(c2cnc3c(N)nc(N)nn23)[C@](C)(OCc2ccccc2)[C@@H]1C.C[C@@]1(O)[C@H](O)[C@@H](CO)O[C@@]1(C#N)c1cnc2c(N)nc(N)nn12.C[Si](C)(C)C#N.ClB(Cl)Cl.FF. The Balaban J connectivity index is 0.000000289. The number of halogens is 6. The number of anilines is 6. The maximum Gasteiger partial charge on any atom is 0.450 e. The number of nitrogen functional groups attached to an aromatic ring is 6. The molecule has 16 N–H and O–H groups in total. The fourth-order valence-electron chi connectivity index (χ4n) is 11.3. The minimum atomic E-state index is -2.04. The van der Waals surface area contributed by atoms with Crippen LogP contribution in [-0.2, 0) is 53.7 Å². The second-order valence-corrected chi connectivity index (χ2v) is 31.2. The molecule has 40 heteroatoms. The number of ether oxygens (including phenoxy) is 5. The molecule has 549 valence electrons. The van der Waals surface area contributed by atoms with Crippen molar-refractivity contribution in [2.75, 3.05) is 47.6 Å². The molecular formula is C62H85B2Cl3F3N22O9Si. The van der Waals surface area contributed by atoms with Crippen molar-refractivity contribution in [3.8, 4) is 23.9 Å². The summed E-state index contributed by atoms with van der Waals surface area (Å²) in [7, 11) is -0.701. The van der Waals surface area contributed by atoms with E-state index < -0.39 is 65.5 Å². The first-order chi connectivity index (χ1) is 48.1. The molecule has 11 rings (SSSR count). The Morgan fingerprint density at radius 1 is 0.598 bits per heavy atom. The topological polar surface area (TPSA) is 508 Å². The molecule has 3 aliphatic heterocycles. The van der Waals surface area contributed by atoms with Crippen LogP contribution in [0.1, 0.15) is 103 Å². The zero-order valence-electron chi connectivity index (χ0n) is 58.3. The van der Waals surface area contributed by atoms with Crippen LogP contribution in [0, 0.1) is 56.8 Å². The predicted molar refractivity (Wildman–Crippen MR) is 382 cm³/mol. The molecule has 0 saturated carbocycles. The first-order valence-electron chi connectivity index (χ1n) is 31.6. The lowest BCUT2D eigenvalue weighted by atomic mass is 9.75. The Hall–Kier alpha value is -8.50. The van der Waals surface area contributed by atoms with E-state index in [1.807, 2.05) is 128 Å². The van der Waals surface area contributed by atoms with Gasteiger partial charge in [0, 0.05) is 33.3 Å². The van der Waals surface area contributed by atoms with E-state index in [1.165, 1.54) is 34.5 Å². The van der Waals surface area contributed by atoms with Crippen molar-refractivity contribution in [2.24, 2.45) is 11.8 Å². The van der Waals surface area contributed by atoms with Crippen molar-refractivity contribution in [3.05, 3.63) is 107 Å². The van der Waals surface area contributed by atoms with Gasteiger partial charge in [0.15, 0.2) is 42.5 Å². The van der Waals surface area contributed by atoms with E-state index in [2.05, 4.69) is 63.0 Å². The van der Waals surface area contributed by atoms with Crippen LogP contribution in [0.2, 0.25) is 26.0 Å². The summed E-state index contributed by atoms with van der Waals surface area (Å²) in [5.74, 6) is -0.109. The number of rotatable bonds is 13. The number of nitrogens with zero attached hydrogens (tertiary/aromatic N) is 16. The molecule has 0 bridgehead atoms. The number of aliphatic hydroxyl groups excluding tert-OH is 3. The molecule has 9 heterocycles. The Morgan fingerprint density at radius 2 is 0.882 bits per heavy atom. The van der Waals surface area contributed by atoms with Crippen molar-refractivity contribution in [1.29, 1.82) is 21.0 Å². The van der Waals surface area contributed by atoms with Gasteiger partial charge in [-0.05, 0) is 58.0 Å². The van der Waals surface area contributed by atoms with Gasteiger partial charge in [0.2, 0.25) is 34.6 Å². The number of benzene rings is 2. The number of imidazole rings is 3. The lowest BCUT2D eigenvalue weighted by Gasteiger charge is -2.38. The van der Waals surface area contributed by atoms with E-state index in [4.69, 9.17) is 112 Å². The van der Waals surface area contributed by atoms with Crippen molar-refractivity contribution in [3.63, 3.8) is 0 Å². The van der Waals surface area contributed by atoms with Gasteiger partial charge < -0.3 is 82.8 Å². The number of fused-ring (bicyclic) bond motifs is 3. The highest BCUT2D eigenvalue weighted by Crippen LogP contribution is 2.55. The van der Waals surface area contributed by atoms with Gasteiger partial charge in [-0.25, -0.2) is 33.8 Å². The third-order valence-electron chi connectivity index (χ3n) is 16.9. The standard InChI is InChI=1S/2C21H25N7O2.C12H15N7O4.C4H9NSi.C2H5BF.C2H6O.BCl3.F2/c2*1-4-15-13(2)20(3,29-11-14-8-6-5-7-9-14)21(12-22,30-15)16-10-25-18-17(23)26-19(24)27-28(16)18;1-11(22)7(21)5(3-20)23-12(11,4-13)6-2-16-9-8(14)17-10(15)18-19(6)9;1-6(2,3)4-5;1-2-3-4;1-2-3;2-1(3)4;1-2/h2*5-10,13,15H,4,11H2,1-3H3,(H4,23,24,26,27);2,5,7,20-22H,3H2,1H3,(H4,14,15,17,18);1-3H3;2H2,1H3;3H,2H2,1H3;;/t2*13-,15-,20-,21+;5-,7-,11-,12+;;;;;/m111...../s1. The monoisotopic (exact) mass is 1490 g/mol. The summed E-state index contributed by atoms with van der Waals surface area (Å²) in [5.41, 5.74) is 31.7. The minimum absolute atomic E-state index is 0.0100. The van der Waals surface area contributed by atoms with Gasteiger partial charge in [-0.1, -0.05) is 115 Å². The lowest BCUT2D eigenvalue weighted by Crippen LogP contribution is -2.52. The summed E-state index contributed by atoms with van der Waals surface area (Å²) in [6, 6.07) is 26.3. The third kappa shape index (κ3) is 18.1. The molecule has 3 fully saturated rings. The zero-order chi connectivity index (χ0) is 76.9. The first-order valence-corrected chi connectivity index (χ1v) is 36.4. The second-order valence-electron chi connectivity index (χ2n) is 24.5. The van der Waals surface area contributed by atoms with Crippen molar-refractivity contribution >= 4 is 107 Å². The van der Waals surface area contributed by atoms with Crippen LogP contribution in [0.3, 0.4) is 0 Å². The highest BCUT2D eigenvalue weighted by molar-refractivity contribution is 7.54. The molecule has 2 aromatic carbocycles. The zero-order valence-corrected chi connectivity index (χ0v) is 61.6. The normalized spacial score (nSPS) is 25.8. The van der Waals surface area contributed by atoms with Crippen molar-refractivity contribution in [2.45, 2.75) is 172 Å². The van der Waals surface area contributed by atoms with Gasteiger partial charge in [-0.15, -0.1) is 15.3 Å². The Kier molecular flexibility index (Phi) is 31.2. The van der Waals surface area contributed by atoms with E-state index in [9.17, 15) is 35.4 Å². The van der Waals surface area contributed by atoms with Gasteiger partial charge >= 0.3 is 12.5 Å². The molecule has 8 aromatic rings. The molecule has 102 heavy (non-hydrogen) atoms. The van der Waals surface area contributed by atoms with Crippen molar-refractivity contribution < 1.29 is 57.6 Å². The molecule has 3 aliphatic rings. The van der Waals surface area contributed by atoms with Crippen LogP contribution in [0.15, 0.2) is 79.3 Å². The fraction of sp³-hybridized carbons (Fsp3) is 0.500. The number of hydrogen-bond acceptors (Lipinski definition) is 28. The number of aliphatic hydroxyl groups is 4. The minimum Gasteiger partial charge on any atom is -0.397 e. The third-order valence-corrected chi connectivity index (χ3v) is 17.6. The fourth-order valence-corrected chi connectivity index (χ4v) is 11.3. The highest BCUT2D eigenvalue weighted by Gasteiger charge is 2.68. The molecule has 0 spiro atoms. The largest absolute Gasteiger partial charge is 0.450 e. The van der Waals surface area contributed by atoms with Crippen LogP contribution in [-0.4, -0.2) is 154 Å². The number of aromatic nitrogens is 12. The molecule has 0 aliphatic carbocycles. The molecule has 12 atom stereocenters. The first kappa shape index (κ1) is 85.9. The summed E-state index contributed by atoms with van der Waals surface area (Å²) in [6.07, 6.45) is 3.25. The quantitative estimate of drug-likeness (QED) is 0.0506. The molecular weight excluding hydrogens is 1410 g/mol. The average Bonchev–Trinajstić information content (AvgIpc) is 1.55. The van der Waals surface area contributed by atoms with Gasteiger partial charge in [0.05, 0.1) is 50.6 Å². The van der Waals surface area contributed by atoms with Crippen LogP contribution < -0.4 is 34.4 Å². The van der Waals surface area contributed by atoms with Crippen LogP contribution >= 0.6 is 34.4 Å². The lowest BCUT2D eigenvalue weighted by molar-refractivity contribution is -0.144. The van der Waals surface area contributed by atoms with E-state index >= 15 is 0 Å². The van der Waals surface area contributed by atoms with E-state index in [1.54, 1.807) is 13.8 Å². The molecule has 0 amide bonds. The summed E-state index contributed by atoms with van der Waals surface area (Å²) in [5, 5.41) is 88.9. The van der Waals surface area contributed by atoms with Crippen molar-refractivity contribution in [1.82, 2.24) is 58.7 Å². The number of hydrogen-bond donors (Lipinski definition) is 10. The summed E-state index contributed by atoms with van der Waals surface area (Å²) in [6.45, 7) is 23.0. The van der Waals surface area contributed by atoms with Gasteiger partial charge in [-0.2, -0.15) is 65.1 Å². The van der Waals surface area contributed by atoms with Gasteiger partial charge in [0.25, 0.3) is 0 Å². The van der Waals surface area contributed by atoms with E-state index in [-0.39, 0.29) is 77.3 Å². The number of nitriles is 4. The average molecular weight is 1500 g/mol. The van der Waals surface area contributed by atoms with Crippen LogP contribution in [0.25, 0.3) is 16.9 Å². The number of nitrogens with two attached hydrogens (primary N) is 6. The Morgan fingerprint density at radius 3 is 1.13 bits per heavy atom. The molecule has 0 unspecified atom stereocenters. The predicted octanol–water partition coefficient (Wildman–Crippen LogP) is 7.29. The van der Waals surface area contributed by atoms with Crippen LogP contribution in [0.5, 0.6) is 0 Å².